The number of nitrogens with one attached hydrogen (secondary N) is 3. The summed E-state index contributed by atoms with van der Waals surface area (Å²) >= 11 is 0. The Labute approximate surface area is 132 Å². The van der Waals surface area contributed by atoms with Gasteiger partial charge in [-0.25, -0.2) is 0 Å². The van der Waals surface area contributed by atoms with Gasteiger partial charge in [0.2, 0.25) is 0 Å². The molecule has 1 amide bonds. The van der Waals surface area contributed by atoms with Crippen LogP contribution in [0.25, 0.3) is 0 Å². The van der Waals surface area contributed by atoms with Crippen molar-refractivity contribution in [2.45, 2.75) is 52.1 Å². The molecular weight excluding hydrogens is 288 g/mol. The van der Waals surface area contributed by atoms with Gasteiger partial charge in [-0.2, -0.15) is 5.10 Å². The molecule has 2 heterocycles. The van der Waals surface area contributed by atoms with Gasteiger partial charge < -0.3 is 10.6 Å². The topological polar surface area (TPSA) is 69.8 Å². The maximum Gasteiger partial charge on any atom is 0.272 e. The Balaban J connectivity index is 0.00000161. The van der Waals surface area contributed by atoms with Crippen molar-refractivity contribution in [2.24, 2.45) is 11.8 Å². The lowest BCUT2D eigenvalue weighted by atomic mass is 9.80. The van der Waals surface area contributed by atoms with Crippen LogP contribution in [0.2, 0.25) is 0 Å². The van der Waals surface area contributed by atoms with Crippen LogP contribution in [0, 0.1) is 11.8 Å². The van der Waals surface area contributed by atoms with Crippen LogP contribution in [0.1, 0.15) is 54.9 Å². The summed E-state index contributed by atoms with van der Waals surface area (Å²) in [7, 11) is 0. The van der Waals surface area contributed by atoms with E-state index in [1.54, 1.807) is 0 Å². The zero-order valence-electron chi connectivity index (χ0n) is 12.7. The van der Waals surface area contributed by atoms with Crippen LogP contribution in [-0.2, 0) is 13.0 Å². The van der Waals surface area contributed by atoms with E-state index in [0.29, 0.717) is 17.7 Å². The van der Waals surface area contributed by atoms with Crippen LogP contribution in [0.15, 0.2) is 0 Å². The van der Waals surface area contributed by atoms with E-state index in [2.05, 4.69) is 34.7 Å². The van der Waals surface area contributed by atoms with Crippen molar-refractivity contribution in [3.05, 3.63) is 17.0 Å². The SMILES string of the molecule is CC1CCC(NC(=O)c2n[nH]c3c2CNCC3)C(C)C1.Cl. The van der Waals surface area contributed by atoms with E-state index >= 15 is 0 Å². The molecule has 5 nitrogen and oxygen atoms in total. The van der Waals surface area contributed by atoms with Gasteiger partial charge >= 0.3 is 0 Å². The van der Waals surface area contributed by atoms with E-state index < -0.39 is 0 Å². The molecule has 3 atom stereocenters. The smallest absolute Gasteiger partial charge is 0.272 e. The summed E-state index contributed by atoms with van der Waals surface area (Å²) in [6, 6.07) is 0.294. The molecule has 1 aromatic rings. The van der Waals surface area contributed by atoms with Crippen LogP contribution in [-0.4, -0.2) is 28.7 Å². The number of hydrogen-bond donors (Lipinski definition) is 3. The van der Waals surface area contributed by atoms with Gasteiger partial charge in [0.25, 0.3) is 5.91 Å². The molecule has 6 heteroatoms. The van der Waals surface area contributed by atoms with Crippen molar-refractivity contribution in [3.8, 4) is 0 Å². The van der Waals surface area contributed by atoms with Crippen molar-refractivity contribution in [3.63, 3.8) is 0 Å². The molecule has 0 bridgehead atoms. The van der Waals surface area contributed by atoms with E-state index in [4.69, 9.17) is 0 Å². The molecule has 0 aromatic carbocycles. The van der Waals surface area contributed by atoms with Crippen LogP contribution in [0.4, 0.5) is 0 Å². The number of carbonyl (C=O) groups is 1. The molecule has 3 unspecified atom stereocenters. The zero-order chi connectivity index (χ0) is 14.1. The van der Waals surface area contributed by atoms with E-state index in [1.807, 2.05) is 0 Å². The van der Waals surface area contributed by atoms with Crippen molar-refractivity contribution in [1.29, 1.82) is 0 Å². The average Bonchev–Trinajstić information content (AvgIpc) is 2.86. The first kappa shape index (κ1) is 16.3. The van der Waals surface area contributed by atoms with Gasteiger partial charge in [0.15, 0.2) is 5.69 Å². The summed E-state index contributed by atoms with van der Waals surface area (Å²) in [5.74, 6) is 1.31. The van der Waals surface area contributed by atoms with E-state index in [1.165, 1.54) is 12.8 Å². The third-order valence-corrected chi connectivity index (χ3v) is 4.77. The largest absolute Gasteiger partial charge is 0.348 e. The van der Waals surface area contributed by atoms with Crippen LogP contribution >= 0.6 is 12.4 Å². The van der Waals surface area contributed by atoms with Crippen LogP contribution < -0.4 is 10.6 Å². The number of aromatic amines is 1. The second-order valence-corrected chi connectivity index (χ2v) is 6.43. The summed E-state index contributed by atoms with van der Waals surface area (Å²) in [4.78, 5) is 12.5. The lowest BCUT2D eigenvalue weighted by Gasteiger charge is -2.33. The number of aromatic nitrogens is 2. The highest BCUT2D eigenvalue weighted by Gasteiger charge is 2.29. The predicted octanol–water partition coefficient (Wildman–Crippen LogP) is 2.03. The van der Waals surface area contributed by atoms with Crippen LogP contribution in [0.5, 0.6) is 0 Å². The highest BCUT2D eigenvalue weighted by molar-refractivity contribution is 5.94. The summed E-state index contributed by atoms with van der Waals surface area (Å²) in [6.45, 7) is 6.23. The molecule has 1 saturated carbocycles. The Morgan fingerprint density at radius 2 is 2.14 bits per heavy atom. The number of nitrogens with zero attached hydrogens (tertiary/aromatic N) is 1. The highest BCUT2D eigenvalue weighted by atomic mass is 35.5. The second kappa shape index (κ2) is 6.79. The van der Waals surface area contributed by atoms with Crippen molar-refractivity contribution < 1.29 is 4.79 Å². The first-order chi connectivity index (χ1) is 9.65. The summed E-state index contributed by atoms with van der Waals surface area (Å²) < 4.78 is 0. The molecule has 118 valence electrons. The van der Waals surface area contributed by atoms with Gasteiger partial charge in [0, 0.05) is 36.8 Å². The van der Waals surface area contributed by atoms with Gasteiger partial charge in [-0.05, 0) is 31.1 Å². The molecule has 1 aliphatic heterocycles. The molecule has 3 N–H and O–H groups in total. The van der Waals surface area contributed by atoms with E-state index in [9.17, 15) is 4.79 Å². The molecule has 2 aliphatic rings. The van der Waals surface area contributed by atoms with Crippen molar-refractivity contribution in [1.82, 2.24) is 20.8 Å². The van der Waals surface area contributed by atoms with Gasteiger partial charge in [0.1, 0.15) is 0 Å². The van der Waals surface area contributed by atoms with Crippen molar-refractivity contribution in [2.75, 3.05) is 6.54 Å². The number of rotatable bonds is 2. The fourth-order valence-corrected chi connectivity index (χ4v) is 3.53. The molecular formula is C15H25ClN4O. The molecule has 1 fully saturated rings. The highest BCUT2D eigenvalue weighted by Crippen LogP contribution is 2.29. The fraction of sp³-hybridized carbons (Fsp3) is 0.733. The zero-order valence-corrected chi connectivity index (χ0v) is 13.6. The number of H-pyrrole nitrogens is 1. The Kier molecular flexibility index (Phi) is 5.27. The average molecular weight is 313 g/mol. The van der Waals surface area contributed by atoms with Gasteiger partial charge in [-0.3, -0.25) is 9.89 Å². The summed E-state index contributed by atoms with van der Waals surface area (Å²) in [5.41, 5.74) is 2.74. The monoisotopic (exact) mass is 312 g/mol. The number of fused-ring (bicyclic) bond motifs is 1. The summed E-state index contributed by atoms with van der Waals surface area (Å²) in [6.07, 6.45) is 4.41. The Morgan fingerprint density at radius 1 is 1.33 bits per heavy atom. The normalized spacial score (nSPS) is 28.4. The van der Waals surface area contributed by atoms with Crippen molar-refractivity contribution >= 4 is 18.3 Å². The molecule has 3 rings (SSSR count). The van der Waals surface area contributed by atoms with Gasteiger partial charge in [-0.1, -0.05) is 13.8 Å². The lowest BCUT2D eigenvalue weighted by Crippen LogP contribution is -2.43. The number of amides is 1. The molecule has 0 saturated heterocycles. The van der Waals surface area contributed by atoms with Gasteiger partial charge in [-0.15, -0.1) is 12.4 Å². The third kappa shape index (κ3) is 3.40. The number of hydrogen-bond acceptors (Lipinski definition) is 3. The van der Waals surface area contributed by atoms with Crippen LogP contribution in [0.3, 0.4) is 0 Å². The maximum atomic E-state index is 12.5. The number of carbonyl (C=O) groups excluding carboxylic acids is 1. The predicted molar refractivity (Wildman–Crippen MR) is 84.7 cm³/mol. The Hall–Kier alpha value is -1.07. The second-order valence-electron chi connectivity index (χ2n) is 6.43. The minimum atomic E-state index is -0.0161. The lowest BCUT2D eigenvalue weighted by molar-refractivity contribution is 0.0893. The first-order valence-corrected chi connectivity index (χ1v) is 7.73. The third-order valence-electron chi connectivity index (χ3n) is 4.77. The first-order valence-electron chi connectivity index (χ1n) is 7.73. The van der Waals surface area contributed by atoms with E-state index in [-0.39, 0.29) is 18.3 Å². The molecule has 0 radical (unpaired) electrons. The Morgan fingerprint density at radius 3 is 2.90 bits per heavy atom. The van der Waals surface area contributed by atoms with Gasteiger partial charge in [0.05, 0.1) is 0 Å². The minimum absolute atomic E-state index is 0. The van der Waals surface area contributed by atoms with E-state index in [0.717, 1.165) is 43.1 Å². The molecule has 0 spiro atoms. The maximum absolute atomic E-state index is 12.5. The molecule has 1 aliphatic carbocycles. The quantitative estimate of drug-likeness (QED) is 0.782. The number of halogens is 1. The fourth-order valence-electron chi connectivity index (χ4n) is 3.53. The minimum Gasteiger partial charge on any atom is -0.348 e. The molecule has 1 aromatic heterocycles. The molecule has 21 heavy (non-hydrogen) atoms. The summed E-state index contributed by atoms with van der Waals surface area (Å²) in [5, 5.41) is 13.7. The Bertz CT molecular complexity index is 502. The standard InChI is InChI=1S/C15H24N4O.ClH/c1-9-3-4-12(10(2)7-9)17-15(20)14-11-8-16-6-5-13(11)18-19-14;/h9-10,12,16H,3-8H2,1-2H3,(H,17,20)(H,18,19);1H.